The number of likely N-dealkylation sites (tertiary alicyclic amines) is 1. The number of amides is 2. The fourth-order valence-corrected chi connectivity index (χ4v) is 5.30. The highest BCUT2D eigenvalue weighted by atomic mass is 16.6. The molecule has 0 aliphatic carbocycles. The molecule has 0 bridgehead atoms. The van der Waals surface area contributed by atoms with Gasteiger partial charge in [-0.25, -0.2) is 14.6 Å². The van der Waals surface area contributed by atoms with Crippen molar-refractivity contribution >= 4 is 17.9 Å². The molecular weight excluding hydrogens is 476 g/mol. The van der Waals surface area contributed by atoms with E-state index >= 15 is 0 Å². The first kappa shape index (κ1) is 26.8. The molecule has 2 saturated heterocycles. The van der Waals surface area contributed by atoms with E-state index in [4.69, 9.17) is 14.5 Å². The van der Waals surface area contributed by atoms with Crippen LogP contribution in [0.5, 0.6) is 5.88 Å². The van der Waals surface area contributed by atoms with Gasteiger partial charge in [-0.05, 0) is 53.6 Å². The van der Waals surface area contributed by atoms with Crippen LogP contribution >= 0.6 is 0 Å². The van der Waals surface area contributed by atoms with Crippen molar-refractivity contribution in [3.05, 3.63) is 17.3 Å². The summed E-state index contributed by atoms with van der Waals surface area (Å²) in [4.78, 5) is 36.7. The van der Waals surface area contributed by atoms with Gasteiger partial charge < -0.3 is 34.2 Å². The largest absolute Gasteiger partial charge is 0.476 e. The third-order valence-corrected chi connectivity index (χ3v) is 7.28. The fourth-order valence-electron chi connectivity index (χ4n) is 5.30. The number of rotatable bonds is 5. The average Bonchev–Trinajstić information content (AvgIpc) is 3.25. The van der Waals surface area contributed by atoms with Crippen LogP contribution in [-0.2, 0) is 17.7 Å². The summed E-state index contributed by atoms with van der Waals surface area (Å²) in [5, 5.41) is 19.0. The zero-order valence-corrected chi connectivity index (χ0v) is 22.3. The Morgan fingerprint density at radius 2 is 2.00 bits per heavy atom. The Labute approximate surface area is 218 Å². The summed E-state index contributed by atoms with van der Waals surface area (Å²) in [5.74, 6) is 0.479. The number of fused-ring (bicyclic) bond motifs is 1. The number of hydrogen-bond donors (Lipinski definition) is 1. The second kappa shape index (κ2) is 11.0. The summed E-state index contributed by atoms with van der Waals surface area (Å²) in [7, 11) is 2.09. The number of ether oxygens (including phenoxy) is 2. The van der Waals surface area contributed by atoms with Crippen molar-refractivity contribution in [1.82, 2.24) is 19.7 Å². The van der Waals surface area contributed by atoms with Crippen LogP contribution in [0.3, 0.4) is 0 Å². The Balaban J connectivity index is 1.59. The Bertz CT molecular complexity index is 1050. The second-order valence-electron chi connectivity index (χ2n) is 11.1. The first-order valence-electron chi connectivity index (χ1n) is 13.0. The van der Waals surface area contributed by atoms with Gasteiger partial charge in [0.15, 0.2) is 0 Å². The summed E-state index contributed by atoms with van der Waals surface area (Å²) in [6, 6.07) is 4.16. The van der Waals surface area contributed by atoms with Gasteiger partial charge in [-0.15, -0.1) is 0 Å². The zero-order chi connectivity index (χ0) is 26.7. The van der Waals surface area contributed by atoms with Gasteiger partial charge in [-0.2, -0.15) is 5.26 Å². The van der Waals surface area contributed by atoms with Crippen LogP contribution in [0.25, 0.3) is 0 Å². The maximum Gasteiger partial charge on any atom is 0.410 e. The van der Waals surface area contributed by atoms with Crippen LogP contribution in [0.2, 0.25) is 0 Å². The van der Waals surface area contributed by atoms with Crippen LogP contribution in [0.15, 0.2) is 6.07 Å². The molecule has 11 nitrogen and oxygen atoms in total. The Hall–Kier alpha value is -3.26. The molecule has 2 amide bonds. The molecule has 0 saturated carbocycles. The van der Waals surface area contributed by atoms with E-state index < -0.39 is 17.8 Å². The summed E-state index contributed by atoms with van der Waals surface area (Å²) < 4.78 is 11.8. The lowest BCUT2D eigenvalue weighted by molar-refractivity contribution is 0.0145. The smallest absolute Gasteiger partial charge is 0.410 e. The van der Waals surface area contributed by atoms with E-state index in [1.165, 1.54) is 4.90 Å². The number of carbonyl (C=O) groups excluding carboxylic acids is 1. The minimum atomic E-state index is -0.965. The van der Waals surface area contributed by atoms with Crippen molar-refractivity contribution in [2.24, 2.45) is 0 Å². The third kappa shape index (κ3) is 6.36. The quantitative estimate of drug-likeness (QED) is 0.632. The summed E-state index contributed by atoms with van der Waals surface area (Å²) in [6.07, 6.45) is 1.57. The standard InChI is InChI=1S/C26H38N6O5/c1-26(2,3)37-25(35)32-13-12-30(15-18(32)7-9-27)22-14-23(36-17-19-6-5-10-29(19)4)28-21-16-31(24(33)34)11-8-20(21)22/h14,18-19H,5-8,10-13,15-17H2,1-4H3,(H,33,34)/t18-,19-/m0/s1. The number of carbonyl (C=O) groups is 2. The van der Waals surface area contributed by atoms with Crippen molar-refractivity contribution in [3.8, 4) is 11.9 Å². The van der Waals surface area contributed by atoms with Crippen LogP contribution in [-0.4, -0.2) is 101 Å². The number of nitrogens with zero attached hydrogens (tertiary/aromatic N) is 6. The topological polar surface area (TPSA) is 122 Å². The maximum absolute atomic E-state index is 12.8. The fraction of sp³-hybridized carbons (Fsp3) is 0.692. The molecule has 0 unspecified atom stereocenters. The Morgan fingerprint density at radius 1 is 1.22 bits per heavy atom. The van der Waals surface area contributed by atoms with Crippen LogP contribution in [0, 0.1) is 11.3 Å². The molecule has 0 spiro atoms. The van der Waals surface area contributed by atoms with Gasteiger partial charge in [-0.1, -0.05) is 0 Å². The molecule has 2 fully saturated rings. The van der Waals surface area contributed by atoms with Crippen LogP contribution in [0.4, 0.5) is 15.3 Å². The summed E-state index contributed by atoms with van der Waals surface area (Å²) >= 11 is 0. The van der Waals surface area contributed by atoms with E-state index in [9.17, 15) is 20.0 Å². The number of pyridine rings is 1. The van der Waals surface area contributed by atoms with Gasteiger partial charge in [0.05, 0.1) is 30.8 Å². The van der Waals surface area contributed by atoms with Crippen molar-refractivity contribution in [2.45, 2.75) is 70.7 Å². The number of likely N-dealkylation sites (N-methyl/N-ethyl adjacent to an activating group) is 1. The van der Waals surface area contributed by atoms with Gasteiger partial charge in [0.25, 0.3) is 0 Å². The SMILES string of the molecule is CN1CCC[C@H]1COc1cc(N2CCN(C(=O)OC(C)(C)C)[C@@H](CC#N)C2)c2c(n1)CN(C(=O)O)CC2. The highest BCUT2D eigenvalue weighted by molar-refractivity contribution is 5.70. The molecule has 11 heteroatoms. The van der Waals surface area contributed by atoms with E-state index in [-0.39, 0.29) is 19.0 Å². The first-order chi connectivity index (χ1) is 17.6. The van der Waals surface area contributed by atoms with Gasteiger partial charge in [0.1, 0.15) is 12.2 Å². The number of hydrogen-bond acceptors (Lipinski definition) is 8. The molecule has 202 valence electrons. The molecule has 0 radical (unpaired) electrons. The first-order valence-corrected chi connectivity index (χ1v) is 13.0. The van der Waals surface area contributed by atoms with E-state index in [0.29, 0.717) is 56.8 Å². The molecule has 1 N–H and O–H groups in total. The molecule has 3 aliphatic rings. The molecule has 37 heavy (non-hydrogen) atoms. The number of nitriles is 1. The third-order valence-electron chi connectivity index (χ3n) is 7.28. The summed E-state index contributed by atoms with van der Waals surface area (Å²) in [6.45, 7) is 9.10. The minimum Gasteiger partial charge on any atom is -0.476 e. The van der Waals surface area contributed by atoms with Gasteiger partial charge in [-0.3, -0.25) is 0 Å². The number of aromatic nitrogens is 1. The van der Waals surface area contributed by atoms with Crippen LogP contribution in [0.1, 0.15) is 51.3 Å². The molecule has 2 atom stereocenters. The van der Waals surface area contributed by atoms with Crippen LogP contribution < -0.4 is 9.64 Å². The Kier molecular flexibility index (Phi) is 7.97. The Morgan fingerprint density at radius 3 is 2.65 bits per heavy atom. The minimum absolute atomic E-state index is 0.188. The lowest BCUT2D eigenvalue weighted by Crippen LogP contribution is -2.56. The van der Waals surface area contributed by atoms with E-state index in [0.717, 1.165) is 30.6 Å². The van der Waals surface area contributed by atoms with E-state index in [1.807, 2.05) is 26.8 Å². The molecule has 1 aromatic heterocycles. The normalized spacial score (nSPS) is 22.4. The van der Waals surface area contributed by atoms with Crippen molar-refractivity contribution in [1.29, 1.82) is 5.26 Å². The summed E-state index contributed by atoms with van der Waals surface area (Å²) in [5.41, 5.74) is 2.03. The predicted molar refractivity (Wildman–Crippen MR) is 137 cm³/mol. The van der Waals surface area contributed by atoms with Crippen molar-refractivity contribution in [3.63, 3.8) is 0 Å². The average molecular weight is 515 g/mol. The predicted octanol–water partition coefficient (Wildman–Crippen LogP) is 2.93. The molecule has 4 heterocycles. The van der Waals surface area contributed by atoms with Gasteiger partial charge in [0.2, 0.25) is 5.88 Å². The molecular formula is C26H38N6O5. The molecule has 3 aliphatic heterocycles. The maximum atomic E-state index is 12.8. The molecule has 1 aromatic rings. The zero-order valence-electron chi connectivity index (χ0n) is 22.3. The molecule has 0 aromatic carbocycles. The second-order valence-corrected chi connectivity index (χ2v) is 11.1. The number of piperazine rings is 1. The van der Waals surface area contributed by atoms with Gasteiger partial charge >= 0.3 is 12.2 Å². The number of anilines is 1. The van der Waals surface area contributed by atoms with Crippen molar-refractivity contribution in [2.75, 3.05) is 51.3 Å². The molecule has 4 rings (SSSR count). The monoisotopic (exact) mass is 514 g/mol. The van der Waals surface area contributed by atoms with Crippen molar-refractivity contribution < 1.29 is 24.2 Å². The lowest BCUT2D eigenvalue weighted by atomic mass is 10.0. The lowest BCUT2D eigenvalue weighted by Gasteiger charge is -2.43. The van der Waals surface area contributed by atoms with E-state index in [2.05, 4.69) is 22.9 Å². The number of carboxylic acid groups (broad SMARTS) is 1. The van der Waals surface area contributed by atoms with E-state index in [1.54, 1.807) is 4.90 Å². The highest BCUT2D eigenvalue weighted by Gasteiger charge is 2.35. The highest BCUT2D eigenvalue weighted by Crippen LogP contribution is 2.34. The van der Waals surface area contributed by atoms with Gasteiger partial charge in [0, 0.05) is 49.5 Å².